The number of aromatic nitrogens is 1. The smallest absolute Gasteiger partial charge is 0.321 e. The summed E-state index contributed by atoms with van der Waals surface area (Å²) in [4.78, 5) is 30.9. The standard InChI is InChI=1S/C23H23BrN2O5S/c1-3-8-30-19-7-4-14(9-20(19)31-21(27)13-32-2)11-25-12-18-17-10-15(24)5-6-16(17)22(28)26-23(18)29/h4-7,9-10,12H,3,8,11,13H2,1-2H3,(H2,26,28,29). The van der Waals surface area contributed by atoms with Gasteiger partial charge in [0.25, 0.3) is 5.56 Å². The monoisotopic (exact) mass is 518 g/mol. The molecule has 0 saturated carbocycles. The largest absolute Gasteiger partial charge is 0.494 e. The molecule has 0 atom stereocenters. The zero-order chi connectivity index (χ0) is 23.1. The van der Waals surface area contributed by atoms with Gasteiger partial charge in [0.2, 0.25) is 5.88 Å². The zero-order valence-electron chi connectivity index (χ0n) is 17.7. The lowest BCUT2D eigenvalue weighted by Crippen LogP contribution is -2.12. The number of hydrogen-bond donors (Lipinski definition) is 2. The maximum absolute atomic E-state index is 12.1. The molecule has 0 unspecified atom stereocenters. The van der Waals surface area contributed by atoms with E-state index in [0.717, 1.165) is 16.5 Å². The van der Waals surface area contributed by atoms with Crippen LogP contribution in [-0.2, 0) is 11.3 Å². The predicted molar refractivity (Wildman–Crippen MR) is 131 cm³/mol. The van der Waals surface area contributed by atoms with Crippen molar-refractivity contribution in [2.24, 2.45) is 4.99 Å². The van der Waals surface area contributed by atoms with E-state index in [1.54, 1.807) is 30.3 Å². The number of H-pyrrole nitrogens is 1. The zero-order valence-corrected chi connectivity index (χ0v) is 20.1. The number of pyridine rings is 1. The third kappa shape index (κ3) is 5.92. The molecule has 1 heterocycles. The molecule has 168 valence electrons. The van der Waals surface area contributed by atoms with E-state index in [-0.39, 0.29) is 29.7 Å². The van der Waals surface area contributed by atoms with E-state index in [2.05, 4.69) is 25.9 Å². The molecule has 0 aliphatic heterocycles. The van der Waals surface area contributed by atoms with Gasteiger partial charge in [-0.25, -0.2) is 0 Å². The van der Waals surface area contributed by atoms with E-state index < -0.39 is 0 Å². The molecule has 0 aliphatic rings. The van der Waals surface area contributed by atoms with E-state index in [4.69, 9.17) is 9.47 Å². The predicted octanol–water partition coefficient (Wildman–Crippen LogP) is 4.67. The molecule has 0 bridgehead atoms. The number of carbonyl (C=O) groups is 1. The van der Waals surface area contributed by atoms with E-state index in [9.17, 15) is 14.7 Å². The Morgan fingerprint density at radius 3 is 2.78 bits per heavy atom. The Balaban J connectivity index is 1.87. The van der Waals surface area contributed by atoms with Crippen molar-refractivity contribution in [2.75, 3.05) is 18.6 Å². The molecule has 0 amide bonds. The van der Waals surface area contributed by atoms with Gasteiger partial charge >= 0.3 is 5.97 Å². The first-order valence-electron chi connectivity index (χ1n) is 9.92. The molecule has 3 aromatic rings. The molecule has 32 heavy (non-hydrogen) atoms. The van der Waals surface area contributed by atoms with Crippen LogP contribution in [0.5, 0.6) is 17.4 Å². The number of fused-ring (bicyclic) bond motifs is 1. The molecule has 9 heteroatoms. The number of ether oxygens (including phenoxy) is 2. The van der Waals surface area contributed by atoms with Crippen molar-refractivity contribution in [1.82, 2.24) is 4.98 Å². The van der Waals surface area contributed by atoms with Gasteiger partial charge in [-0.1, -0.05) is 28.9 Å². The van der Waals surface area contributed by atoms with Crippen molar-refractivity contribution in [3.05, 3.63) is 62.4 Å². The molecule has 3 rings (SSSR count). The number of carbonyl (C=O) groups excluding carboxylic acids is 1. The number of halogens is 1. The Hall–Kier alpha value is -2.78. The van der Waals surface area contributed by atoms with Crippen molar-refractivity contribution in [3.8, 4) is 17.4 Å². The highest BCUT2D eigenvalue weighted by Crippen LogP contribution is 2.30. The van der Waals surface area contributed by atoms with Crippen LogP contribution in [0.15, 0.2) is 50.7 Å². The third-order valence-electron chi connectivity index (χ3n) is 4.45. The van der Waals surface area contributed by atoms with Gasteiger partial charge in [0.15, 0.2) is 11.5 Å². The average molecular weight is 519 g/mol. The van der Waals surface area contributed by atoms with Crippen LogP contribution in [0.3, 0.4) is 0 Å². The molecule has 1 aromatic heterocycles. The molecule has 0 spiro atoms. The number of esters is 1. The summed E-state index contributed by atoms with van der Waals surface area (Å²) < 4.78 is 11.9. The number of benzene rings is 2. The lowest BCUT2D eigenvalue weighted by molar-refractivity contribution is -0.131. The molecular formula is C23H23BrN2O5S. The number of nitrogens with one attached hydrogen (secondary N) is 1. The number of aromatic hydroxyl groups is 1. The minimum atomic E-state index is -0.374. The highest BCUT2D eigenvalue weighted by Gasteiger charge is 2.12. The molecule has 7 nitrogen and oxygen atoms in total. The van der Waals surface area contributed by atoms with Gasteiger partial charge in [-0.2, -0.15) is 11.8 Å². The summed E-state index contributed by atoms with van der Waals surface area (Å²) in [6.07, 6.45) is 4.17. The summed E-state index contributed by atoms with van der Waals surface area (Å²) in [7, 11) is 0. The summed E-state index contributed by atoms with van der Waals surface area (Å²) in [5.74, 6) is 0.493. The normalized spacial score (nSPS) is 11.2. The first-order valence-corrected chi connectivity index (χ1v) is 12.1. The van der Waals surface area contributed by atoms with Crippen molar-refractivity contribution in [3.63, 3.8) is 0 Å². The van der Waals surface area contributed by atoms with Crippen molar-refractivity contribution < 1.29 is 19.4 Å². The number of hydrogen-bond acceptors (Lipinski definition) is 7. The highest BCUT2D eigenvalue weighted by molar-refractivity contribution is 9.10. The quantitative estimate of drug-likeness (QED) is 0.242. The molecule has 0 aliphatic carbocycles. The van der Waals surface area contributed by atoms with Crippen molar-refractivity contribution in [2.45, 2.75) is 19.9 Å². The Bertz CT molecular complexity index is 1210. The second-order valence-corrected chi connectivity index (χ2v) is 8.69. The SMILES string of the molecule is CCCOc1ccc(CN=Cc2c(O)[nH]c(=O)c3ccc(Br)cc23)cc1OC(=O)CSC. The molecule has 0 radical (unpaired) electrons. The Morgan fingerprint density at radius 2 is 2.03 bits per heavy atom. The first kappa shape index (κ1) is 23.9. The minimum absolute atomic E-state index is 0.240. The maximum Gasteiger partial charge on any atom is 0.321 e. The van der Waals surface area contributed by atoms with Gasteiger partial charge in [0.1, 0.15) is 0 Å². The molecule has 0 fully saturated rings. The van der Waals surface area contributed by atoms with Gasteiger partial charge < -0.3 is 14.6 Å². The van der Waals surface area contributed by atoms with Crippen LogP contribution in [0, 0.1) is 0 Å². The number of nitrogens with zero attached hydrogens (tertiary/aromatic N) is 1. The minimum Gasteiger partial charge on any atom is -0.494 e. The number of thioether (sulfide) groups is 1. The van der Waals surface area contributed by atoms with Crippen molar-refractivity contribution >= 4 is 50.6 Å². The van der Waals surface area contributed by atoms with E-state index in [1.165, 1.54) is 18.0 Å². The molecule has 2 aromatic carbocycles. The fraction of sp³-hybridized carbons (Fsp3) is 0.261. The summed E-state index contributed by atoms with van der Waals surface area (Å²) >= 11 is 4.77. The number of aliphatic imine (C=N–C) groups is 1. The van der Waals surface area contributed by atoms with Gasteiger partial charge in [0.05, 0.1) is 24.5 Å². The first-order chi connectivity index (χ1) is 15.4. The number of aromatic amines is 1. The fourth-order valence-corrected chi connectivity index (χ4v) is 3.67. The Kier molecular flexibility index (Phi) is 8.35. The van der Waals surface area contributed by atoms with Crippen LogP contribution in [0.2, 0.25) is 0 Å². The van der Waals surface area contributed by atoms with Crippen LogP contribution in [0.4, 0.5) is 0 Å². The topological polar surface area (TPSA) is 101 Å². The van der Waals surface area contributed by atoms with E-state index in [0.29, 0.717) is 34.4 Å². The van der Waals surface area contributed by atoms with Crippen LogP contribution < -0.4 is 15.0 Å². The summed E-state index contributed by atoms with van der Waals surface area (Å²) in [6.45, 7) is 2.78. The second kappa shape index (κ2) is 11.2. The van der Waals surface area contributed by atoms with Crippen LogP contribution in [0.25, 0.3) is 10.8 Å². The lowest BCUT2D eigenvalue weighted by atomic mass is 10.1. The summed E-state index contributed by atoms with van der Waals surface area (Å²) in [5.41, 5.74) is 0.836. The summed E-state index contributed by atoms with van der Waals surface area (Å²) in [6, 6.07) is 10.5. The van der Waals surface area contributed by atoms with Gasteiger partial charge in [0, 0.05) is 21.5 Å². The van der Waals surface area contributed by atoms with Gasteiger partial charge in [-0.05, 0) is 48.6 Å². The van der Waals surface area contributed by atoms with Crippen LogP contribution in [0.1, 0.15) is 24.5 Å². The second-order valence-electron chi connectivity index (χ2n) is 6.91. The highest BCUT2D eigenvalue weighted by atomic mass is 79.9. The number of rotatable bonds is 9. The molecule has 2 N–H and O–H groups in total. The summed E-state index contributed by atoms with van der Waals surface area (Å²) in [5, 5.41) is 11.3. The van der Waals surface area contributed by atoms with Gasteiger partial charge in [-0.15, -0.1) is 0 Å². The average Bonchev–Trinajstić information content (AvgIpc) is 2.75. The van der Waals surface area contributed by atoms with E-state index in [1.807, 2.05) is 19.2 Å². The van der Waals surface area contributed by atoms with Crippen LogP contribution >= 0.6 is 27.7 Å². The van der Waals surface area contributed by atoms with Crippen LogP contribution in [-0.4, -0.2) is 40.9 Å². The molecular weight excluding hydrogens is 496 g/mol. The third-order valence-corrected chi connectivity index (χ3v) is 5.47. The Morgan fingerprint density at radius 1 is 1.22 bits per heavy atom. The van der Waals surface area contributed by atoms with Gasteiger partial charge in [-0.3, -0.25) is 19.6 Å². The molecule has 0 saturated heterocycles. The Labute approximate surface area is 198 Å². The van der Waals surface area contributed by atoms with Crippen molar-refractivity contribution in [1.29, 1.82) is 0 Å². The van der Waals surface area contributed by atoms with E-state index >= 15 is 0 Å². The lowest BCUT2D eigenvalue weighted by Gasteiger charge is -2.12. The fourth-order valence-electron chi connectivity index (χ4n) is 3.01. The maximum atomic E-state index is 12.1.